The number of halogens is 1. The van der Waals surface area contributed by atoms with E-state index in [4.69, 9.17) is 4.74 Å². The zero-order valence-electron chi connectivity index (χ0n) is 8.81. The molecule has 1 rings (SSSR count). The third kappa shape index (κ3) is 3.25. The molecule has 1 saturated heterocycles. The molecular formula is C11H21BrO. The molecule has 2 unspecified atom stereocenters. The zero-order valence-corrected chi connectivity index (χ0v) is 10.4. The standard InChI is InChI=1S/C11H21BrO/c1-3-10(2)7-11(8-12)5-4-6-13-9-11/h10H,3-9H2,1-2H3. The predicted octanol–water partition coefficient (Wildman–Crippen LogP) is 3.61. The molecule has 0 N–H and O–H groups in total. The molecule has 1 aliphatic heterocycles. The second-order valence-corrected chi connectivity index (χ2v) is 5.07. The minimum Gasteiger partial charge on any atom is -0.381 e. The average molecular weight is 249 g/mol. The Bertz CT molecular complexity index is 141. The summed E-state index contributed by atoms with van der Waals surface area (Å²) in [7, 11) is 0. The maximum Gasteiger partial charge on any atom is 0.0530 e. The van der Waals surface area contributed by atoms with Crippen LogP contribution in [0.1, 0.15) is 39.5 Å². The Labute approximate surface area is 90.4 Å². The lowest BCUT2D eigenvalue weighted by Crippen LogP contribution is -2.35. The Morgan fingerprint density at radius 1 is 1.54 bits per heavy atom. The fourth-order valence-corrected chi connectivity index (χ4v) is 2.79. The zero-order chi connectivity index (χ0) is 9.73. The molecule has 0 aromatic carbocycles. The van der Waals surface area contributed by atoms with E-state index in [1.54, 1.807) is 0 Å². The van der Waals surface area contributed by atoms with Crippen LogP contribution in [0.25, 0.3) is 0 Å². The summed E-state index contributed by atoms with van der Waals surface area (Å²) < 4.78 is 5.59. The maximum absolute atomic E-state index is 5.59. The summed E-state index contributed by atoms with van der Waals surface area (Å²) in [5.74, 6) is 0.833. The molecule has 0 aliphatic carbocycles. The van der Waals surface area contributed by atoms with E-state index in [1.807, 2.05) is 0 Å². The van der Waals surface area contributed by atoms with Gasteiger partial charge in [0.15, 0.2) is 0 Å². The van der Waals surface area contributed by atoms with Crippen molar-refractivity contribution < 1.29 is 4.74 Å². The van der Waals surface area contributed by atoms with Crippen LogP contribution in [0.15, 0.2) is 0 Å². The highest BCUT2D eigenvalue weighted by molar-refractivity contribution is 9.09. The lowest BCUT2D eigenvalue weighted by molar-refractivity contribution is -0.00601. The second kappa shape index (κ2) is 5.35. The molecule has 0 bridgehead atoms. The van der Waals surface area contributed by atoms with Crippen LogP contribution in [0.2, 0.25) is 0 Å². The topological polar surface area (TPSA) is 9.23 Å². The Morgan fingerprint density at radius 2 is 2.31 bits per heavy atom. The normalized spacial score (nSPS) is 31.6. The summed E-state index contributed by atoms with van der Waals surface area (Å²) in [6.07, 6.45) is 5.17. The molecule has 1 heterocycles. The van der Waals surface area contributed by atoms with E-state index < -0.39 is 0 Å². The Morgan fingerprint density at radius 3 is 2.77 bits per heavy atom. The van der Waals surface area contributed by atoms with Crippen molar-refractivity contribution in [2.24, 2.45) is 11.3 Å². The van der Waals surface area contributed by atoms with E-state index in [0.29, 0.717) is 5.41 Å². The van der Waals surface area contributed by atoms with Crippen molar-refractivity contribution >= 4 is 15.9 Å². The monoisotopic (exact) mass is 248 g/mol. The van der Waals surface area contributed by atoms with Gasteiger partial charge in [-0.3, -0.25) is 0 Å². The van der Waals surface area contributed by atoms with Gasteiger partial charge in [-0.1, -0.05) is 36.2 Å². The first-order valence-electron chi connectivity index (χ1n) is 5.36. The minimum absolute atomic E-state index is 0.438. The average Bonchev–Trinajstić information content (AvgIpc) is 2.19. The Hall–Kier alpha value is 0.440. The molecule has 2 atom stereocenters. The van der Waals surface area contributed by atoms with Crippen LogP contribution in [-0.4, -0.2) is 18.5 Å². The molecular weight excluding hydrogens is 228 g/mol. The molecule has 1 aliphatic rings. The van der Waals surface area contributed by atoms with Crippen LogP contribution >= 0.6 is 15.9 Å². The van der Waals surface area contributed by atoms with Crippen LogP contribution in [-0.2, 0) is 4.74 Å². The van der Waals surface area contributed by atoms with Crippen LogP contribution in [0.4, 0.5) is 0 Å². The summed E-state index contributed by atoms with van der Waals surface area (Å²) in [6, 6.07) is 0. The van der Waals surface area contributed by atoms with Gasteiger partial charge in [0.2, 0.25) is 0 Å². The van der Waals surface area contributed by atoms with Crippen molar-refractivity contribution in [3.05, 3.63) is 0 Å². The molecule has 0 radical (unpaired) electrons. The van der Waals surface area contributed by atoms with Gasteiger partial charge in [0.1, 0.15) is 0 Å². The third-order valence-corrected chi connectivity index (χ3v) is 4.36. The summed E-state index contributed by atoms with van der Waals surface area (Å²) in [6.45, 7) is 6.55. The van der Waals surface area contributed by atoms with Gasteiger partial charge in [-0.15, -0.1) is 0 Å². The smallest absolute Gasteiger partial charge is 0.0530 e. The maximum atomic E-state index is 5.59. The van der Waals surface area contributed by atoms with Crippen molar-refractivity contribution in [1.82, 2.24) is 0 Å². The lowest BCUT2D eigenvalue weighted by atomic mass is 9.77. The molecule has 1 fully saturated rings. The molecule has 78 valence electrons. The molecule has 0 saturated carbocycles. The number of hydrogen-bond donors (Lipinski definition) is 0. The van der Waals surface area contributed by atoms with Crippen LogP contribution in [0, 0.1) is 11.3 Å². The van der Waals surface area contributed by atoms with E-state index in [1.165, 1.54) is 25.7 Å². The largest absolute Gasteiger partial charge is 0.381 e. The van der Waals surface area contributed by atoms with E-state index in [9.17, 15) is 0 Å². The molecule has 13 heavy (non-hydrogen) atoms. The summed E-state index contributed by atoms with van der Waals surface area (Å²) in [5, 5.41) is 1.10. The van der Waals surface area contributed by atoms with Crippen molar-refractivity contribution in [3.8, 4) is 0 Å². The first kappa shape index (κ1) is 11.5. The van der Waals surface area contributed by atoms with Gasteiger partial charge in [-0.25, -0.2) is 0 Å². The van der Waals surface area contributed by atoms with Crippen molar-refractivity contribution in [3.63, 3.8) is 0 Å². The molecule has 0 aromatic rings. The molecule has 1 nitrogen and oxygen atoms in total. The molecule has 0 spiro atoms. The highest BCUT2D eigenvalue weighted by atomic mass is 79.9. The van der Waals surface area contributed by atoms with Gasteiger partial charge in [0.05, 0.1) is 6.61 Å². The first-order valence-corrected chi connectivity index (χ1v) is 6.48. The quantitative estimate of drug-likeness (QED) is 0.691. The Balaban J connectivity index is 2.47. The van der Waals surface area contributed by atoms with Gasteiger partial charge < -0.3 is 4.74 Å². The summed E-state index contributed by atoms with van der Waals surface area (Å²) in [4.78, 5) is 0. The van der Waals surface area contributed by atoms with Crippen molar-refractivity contribution in [2.45, 2.75) is 39.5 Å². The van der Waals surface area contributed by atoms with Gasteiger partial charge in [-0.2, -0.15) is 0 Å². The number of rotatable bonds is 4. The molecule has 0 aromatic heterocycles. The molecule has 2 heteroatoms. The highest BCUT2D eigenvalue weighted by Gasteiger charge is 2.32. The minimum atomic E-state index is 0.438. The predicted molar refractivity (Wildman–Crippen MR) is 60.4 cm³/mol. The van der Waals surface area contributed by atoms with E-state index in [0.717, 1.165) is 24.5 Å². The number of hydrogen-bond acceptors (Lipinski definition) is 1. The van der Waals surface area contributed by atoms with E-state index in [2.05, 4.69) is 29.8 Å². The van der Waals surface area contributed by atoms with E-state index in [-0.39, 0.29) is 0 Å². The number of ether oxygens (including phenoxy) is 1. The van der Waals surface area contributed by atoms with Gasteiger partial charge in [-0.05, 0) is 25.2 Å². The van der Waals surface area contributed by atoms with Gasteiger partial charge in [0, 0.05) is 17.4 Å². The Kier molecular flexibility index (Phi) is 4.74. The fourth-order valence-electron chi connectivity index (χ4n) is 2.11. The van der Waals surface area contributed by atoms with Crippen LogP contribution in [0.5, 0.6) is 0 Å². The SMILES string of the molecule is CCC(C)CC1(CBr)CCCOC1. The highest BCUT2D eigenvalue weighted by Crippen LogP contribution is 2.37. The van der Waals surface area contributed by atoms with Crippen molar-refractivity contribution in [2.75, 3.05) is 18.5 Å². The fraction of sp³-hybridized carbons (Fsp3) is 1.00. The third-order valence-electron chi connectivity index (χ3n) is 3.17. The van der Waals surface area contributed by atoms with Gasteiger partial charge in [0.25, 0.3) is 0 Å². The van der Waals surface area contributed by atoms with Gasteiger partial charge >= 0.3 is 0 Å². The van der Waals surface area contributed by atoms with E-state index >= 15 is 0 Å². The van der Waals surface area contributed by atoms with Crippen LogP contribution < -0.4 is 0 Å². The number of alkyl halides is 1. The van der Waals surface area contributed by atoms with Crippen LogP contribution in [0.3, 0.4) is 0 Å². The summed E-state index contributed by atoms with van der Waals surface area (Å²) in [5.41, 5.74) is 0.438. The molecule has 0 amide bonds. The lowest BCUT2D eigenvalue weighted by Gasteiger charge is -2.37. The summed E-state index contributed by atoms with van der Waals surface area (Å²) >= 11 is 3.65. The first-order chi connectivity index (χ1) is 6.22. The second-order valence-electron chi connectivity index (χ2n) is 4.51. The van der Waals surface area contributed by atoms with Crippen molar-refractivity contribution in [1.29, 1.82) is 0 Å².